The van der Waals surface area contributed by atoms with Gasteiger partial charge in [-0.1, -0.05) is 6.07 Å². The standard InChI is InChI=1S/C16H15N3O4/c1-10-6-12(7-11(2)15(10)20)9-17-18-16(21)13-4-3-5-14(8-13)19(22)23/h3-9,20H,1-2H3,(H,18,21)/b17-9-. The first-order valence-corrected chi connectivity index (χ1v) is 6.76. The highest BCUT2D eigenvalue weighted by Gasteiger charge is 2.10. The van der Waals surface area contributed by atoms with Gasteiger partial charge in [0, 0.05) is 17.7 Å². The number of nitro groups is 1. The van der Waals surface area contributed by atoms with Gasteiger partial charge in [-0.05, 0) is 48.7 Å². The molecule has 7 heteroatoms. The summed E-state index contributed by atoms with van der Waals surface area (Å²) in [5.74, 6) is -0.319. The van der Waals surface area contributed by atoms with Crippen molar-refractivity contribution in [2.24, 2.45) is 5.10 Å². The highest BCUT2D eigenvalue weighted by molar-refractivity contribution is 5.95. The number of aromatic hydroxyl groups is 1. The number of non-ortho nitro benzene ring substituents is 1. The van der Waals surface area contributed by atoms with E-state index in [0.29, 0.717) is 11.1 Å². The molecule has 23 heavy (non-hydrogen) atoms. The van der Waals surface area contributed by atoms with Crippen LogP contribution in [0.25, 0.3) is 0 Å². The monoisotopic (exact) mass is 313 g/mol. The highest BCUT2D eigenvalue weighted by Crippen LogP contribution is 2.22. The second kappa shape index (κ2) is 6.69. The number of nitro benzene ring substituents is 1. The van der Waals surface area contributed by atoms with Crippen LogP contribution in [0.1, 0.15) is 27.0 Å². The molecule has 2 aromatic rings. The zero-order chi connectivity index (χ0) is 17.0. The Morgan fingerprint density at radius 2 is 1.91 bits per heavy atom. The minimum absolute atomic E-state index is 0.148. The van der Waals surface area contributed by atoms with Crippen molar-refractivity contribution in [3.8, 4) is 5.75 Å². The lowest BCUT2D eigenvalue weighted by Gasteiger charge is -2.04. The number of phenolic OH excluding ortho intramolecular Hbond substituents is 1. The van der Waals surface area contributed by atoms with Crippen molar-refractivity contribution in [3.05, 3.63) is 68.8 Å². The molecule has 2 N–H and O–H groups in total. The van der Waals surface area contributed by atoms with Gasteiger partial charge in [0.2, 0.25) is 0 Å². The second-order valence-electron chi connectivity index (χ2n) is 5.01. The third kappa shape index (κ3) is 3.91. The van der Waals surface area contributed by atoms with Crippen LogP contribution in [0.15, 0.2) is 41.5 Å². The molecule has 2 rings (SSSR count). The van der Waals surface area contributed by atoms with Crippen LogP contribution in [-0.4, -0.2) is 22.2 Å². The Morgan fingerprint density at radius 1 is 1.26 bits per heavy atom. The molecule has 0 aliphatic rings. The van der Waals surface area contributed by atoms with E-state index >= 15 is 0 Å². The molecule has 0 aromatic heterocycles. The largest absolute Gasteiger partial charge is 0.507 e. The summed E-state index contributed by atoms with van der Waals surface area (Å²) in [4.78, 5) is 22.0. The first kappa shape index (κ1) is 16.2. The molecule has 0 radical (unpaired) electrons. The number of amides is 1. The van der Waals surface area contributed by atoms with Crippen molar-refractivity contribution >= 4 is 17.8 Å². The summed E-state index contributed by atoms with van der Waals surface area (Å²) in [6, 6.07) is 8.84. The van der Waals surface area contributed by atoms with E-state index in [4.69, 9.17) is 0 Å². The fourth-order valence-electron chi connectivity index (χ4n) is 2.05. The Hall–Kier alpha value is -3.22. The van der Waals surface area contributed by atoms with Gasteiger partial charge in [0.05, 0.1) is 11.1 Å². The predicted octanol–water partition coefficient (Wildman–Crippen LogP) is 2.68. The number of nitrogens with zero attached hydrogens (tertiary/aromatic N) is 2. The normalized spacial score (nSPS) is 10.7. The molecule has 0 fully saturated rings. The molecule has 0 aliphatic carbocycles. The SMILES string of the molecule is Cc1cc(/C=N\NC(=O)c2cccc([N+](=O)[O-])c2)cc(C)c1O. The Kier molecular flexibility index (Phi) is 4.70. The van der Waals surface area contributed by atoms with Crippen LogP contribution in [0.4, 0.5) is 5.69 Å². The maximum absolute atomic E-state index is 11.9. The Bertz CT molecular complexity index is 777. The summed E-state index contributed by atoms with van der Waals surface area (Å²) in [7, 11) is 0. The Balaban J connectivity index is 2.10. The maximum Gasteiger partial charge on any atom is 0.271 e. The molecule has 0 bridgehead atoms. The molecule has 0 aliphatic heterocycles. The third-order valence-corrected chi connectivity index (χ3v) is 3.21. The van der Waals surface area contributed by atoms with E-state index in [0.717, 1.165) is 5.56 Å². The van der Waals surface area contributed by atoms with E-state index in [1.165, 1.54) is 30.5 Å². The van der Waals surface area contributed by atoms with Crippen LogP contribution >= 0.6 is 0 Å². The maximum atomic E-state index is 11.9. The average molecular weight is 313 g/mol. The lowest BCUT2D eigenvalue weighted by molar-refractivity contribution is -0.384. The molecule has 0 saturated heterocycles. The zero-order valence-corrected chi connectivity index (χ0v) is 12.6. The molecule has 118 valence electrons. The van der Waals surface area contributed by atoms with E-state index in [2.05, 4.69) is 10.5 Å². The highest BCUT2D eigenvalue weighted by atomic mass is 16.6. The second-order valence-corrected chi connectivity index (χ2v) is 5.01. The van der Waals surface area contributed by atoms with Gasteiger partial charge >= 0.3 is 0 Å². The molecule has 2 aromatic carbocycles. The number of benzene rings is 2. The number of hydrogen-bond acceptors (Lipinski definition) is 5. The number of carbonyl (C=O) groups is 1. The van der Waals surface area contributed by atoms with Gasteiger partial charge in [-0.25, -0.2) is 5.43 Å². The van der Waals surface area contributed by atoms with Gasteiger partial charge < -0.3 is 5.11 Å². The minimum atomic E-state index is -0.567. The molecule has 0 atom stereocenters. The van der Waals surface area contributed by atoms with Crippen LogP contribution in [-0.2, 0) is 0 Å². The van der Waals surface area contributed by atoms with Crippen LogP contribution in [0.5, 0.6) is 5.75 Å². The Labute approximate surface area is 132 Å². The minimum Gasteiger partial charge on any atom is -0.507 e. The van der Waals surface area contributed by atoms with E-state index in [9.17, 15) is 20.0 Å². The van der Waals surface area contributed by atoms with Gasteiger partial charge in [0.1, 0.15) is 5.75 Å². The average Bonchev–Trinajstić information content (AvgIpc) is 2.52. The van der Waals surface area contributed by atoms with Crippen molar-refractivity contribution in [1.82, 2.24) is 5.43 Å². The van der Waals surface area contributed by atoms with Gasteiger partial charge in [-0.15, -0.1) is 0 Å². The smallest absolute Gasteiger partial charge is 0.271 e. The zero-order valence-electron chi connectivity index (χ0n) is 12.6. The number of carbonyl (C=O) groups excluding carboxylic acids is 1. The summed E-state index contributed by atoms with van der Waals surface area (Å²) in [5.41, 5.74) is 4.43. The molecular weight excluding hydrogens is 298 g/mol. The number of phenols is 1. The molecule has 1 amide bonds. The number of hydrogen-bond donors (Lipinski definition) is 2. The lowest BCUT2D eigenvalue weighted by Crippen LogP contribution is -2.17. The number of rotatable bonds is 4. The first-order valence-electron chi connectivity index (χ1n) is 6.76. The molecular formula is C16H15N3O4. The van der Waals surface area contributed by atoms with Crippen LogP contribution < -0.4 is 5.43 Å². The van der Waals surface area contributed by atoms with Crippen LogP contribution in [0.2, 0.25) is 0 Å². The predicted molar refractivity (Wildman–Crippen MR) is 85.7 cm³/mol. The fourth-order valence-corrected chi connectivity index (χ4v) is 2.05. The number of hydrazone groups is 1. The van der Waals surface area contributed by atoms with E-state index < -0.39 is 10.8 Å². The van der Waals surface area contributed by atoms with Crippen molar-refractivity contribution in [2.45, 2.75) is 13.8 Å². The third-order valence-electron chi connectivity index (χ3n) is 3.21. The van der Waals surface area contributed by atoms with E-state index in [-0.39, 0.29) is 17.0 Å². The number of nitrogens with one attached hydrogen (secondary N) is 1. The molecule has 0 unspecified atom stereocenters. The van der Waals surface area contributed by atoms with Gasteiger partial charge in [-0.3, -0.25) is 14.9 Å². The quantitative estimate of drug-likeness (QED) is 0.514. The van der Waals surface area contributed by atoms with Gasteiger partial charge in [0.15, 0.2) is 0 Å². The van der Waals surface area contributed by atoms with Gasteiger partial charge in [0.25, 0.3) is 11.6 Å². The summed E-state index contributed by atoms with van der Waals surface area (Å²) >= 11 is 0. The topological polar surface area (TPSA) is 105 Å². The summed E-state index contributed by atoms with van der Waals surface area (Å²) in [5, 5.41) is 24.2. The van der Waals surface area contributed by atoms with E-state index in [1.54, 1.807) is 26.0 Å². The van der Waals surface area contributed by atoms with Crippen LogP contribution in [0, 0.1) is 24.0 Å². The molecule has 7 nitrogen and oxygen atoms in total. The van der Waals surface area contributed by atoms with Crippen LogP contribution in [0.3, 0.4) is 0 Å². The summed E-state index contributed by atoms with van der Waals surface area (Å²) in [6.07, 6.45) is 1.44. The van der Waals surface area contributed by atoms with Crippen molar-refractivity contribution in [1.29, 1.82) is 0 Å². The summed E-state index contributed by atoms with van der Waals surface area (Å²) < 4.78 is 0. The fraction of sp³-hybridized carbons (Fsp3) is 0.125. The van der Waals surface area contributed by atoms with Crippen molar-refractivity contribution in [2.75, 3.05) is 0 Å². The molecule has 0 spiro atoms. The van der Waals surface area contributed by atoms with E-state index in [1.807, 2.05) is 0 Å². The number of aryl methyl sites for hydroxylation is 2. The Morgan fingerprint density at radius 3 is 2.52 bits per heavy atom. The summed E-state index contributed by atoms with van der Waals surface area (Å²) in [6.45, 7) is 3.53. The van der Waals surface area contributed by atoms with Gasteiger partial charge in [-0.2, -0.15) is 5.10 Å². The lowest BCUT2D eigenvalue weighted by atomic mass is 10.1. The first-order chi connectivity index (χ1) is 10.9. The van der Waals surface area contributed by atoms with Crippen molar-refractivity contribution < 1.29 is 14.8 Å². The molecule has 0 heterocycles. The van der Waals surface area contributed by atoms with Crippen molar-refractivity contribution in [3.63, 3.8) is 0 Å². The molecule has 0 saturated carbocycles.